The van der Waals surface area contributed by atoms with Crippen LogP contribution in [-0.2, 0) is 0 Å². The van der Waals surface area contributed by atoms with Crippen molar-refractivity contribution in [2.45, 2.75) is 0 Å². The Kier molecular flexibility index (Phi) is 2.54. The van der Waals surface area contributed by atoms with Gasteiger partial charge in [-0.2, -0.15) is 0 Å². The lowest BCUT2D eigenvalue weighted by molar-refractivity contribution is 0.631. The third-order valence-corrected chi connectivity index (χ3v) is 4.52. The van der Waals surface area contributed by atoms with Crippen LogP contribution in [0.1, 0.15) is 0 Å². The van der Waals surface area contributed by atoms with Gasteiger partial charge in [0.05, 0.1) is 10.2 Å². The van der Waals surface area contributed by atoms with Gasteiger partial charge in [0.2, 0.25) is 0 Å². The van der Waals surface area contributed by atoms with Gasteiger partial charge in [-0.05, 0) is 23.6 Å². The van der Waals surface area contributed by atoms with Gasteiger partial charge in [-0.25, -0.2) is 9.37 Å². The summed E-state index contributed by atoms with van der Waals surface area (Å²) in [5, 5.41) is 3.09. The summed E-state index contributed by atoms with van der Waals surface area (Å²) in [7, 11) is 0. The number of hydrogen-bond acceptors (Lipinski definition) is 2. The molecule has 0 saturated carbocycles. The van der Waals surface area contributed by atoms with Crippen LogP contribution in [0.2, 0.25) is 0 Å². The Labute approximate surface area is 119 Å². The van der Waals surface area contributed by atoms with Crippen LogP contribution in [0, 0.1) is 5.82 Å². The number of thiazole rings is 1. The van der Waals surface area contributed by atoms with Crippen molar-refractivity contribution in [3.8, 4) is 10.6 Å². The molecule has 20 heavy (non-hydrogen) atoms. The molecule has 0 aliphatic rings. The van der Waals surface area contributed by atoms with Gasteiger partial charge in [0.1, 0.15) is 10.8 Å². The second-order valence-corrected chi connectivity index (χ2v) is 5.63. The lowest BCUT2D eigenvalue weighted by Gasteiger charge is -1.96. The van der Waals surface area contributed by atoms with Crippen LogP contribution in [0.5, 0.6) is 0 Å². The lowest BCUT2D eigenvalue weighted by atomic mass is 10.1. The number of fused-ring (bicyclic) bond motifs is 3. The number of halogens is 1. The second-order valence-electron chi connectivity index (χ2n) is 4.63. The van der Waals surface area contributed by atoms with Crippen molar-refractivity contribution in [2.24, 2.45) is 0 Å². The first-order valence-electron chi connectivity index (χ1n) is 6.36. The minimum absolute atomic E-state index is 0.226. The highest BCUT2D eigenvalue weighted by Crippen LogP contribution is 2.35. The Balaban J connectivity index is 2.04. The first-order valence-corrected chi connectivity index (χ1v) is 7.18. The van der Waals surface area contributed by atoms with Crippen molar-refractivity contribution in [2.75, 3.05) is 0 Å². The number of hydrogen-bond donors (Lipinski definition) is 0. The van der Waals surface area contributed by atoms with Gasteiger partial charge in [-0.3, -0.25) is 0 Å². The molecule has 1 heterocycles. The molecule has 0 spiro atoms. The molecule has 4 aromatic rings. The zero-order chi connectivity index (χ0) is 13.5. The molecule has 0 bridgehead atoms. The van der Waals surface area contributed by atoms with E-state index in [9.17, 15) is 4.39 Å². The second kappa shape index (κ2) is 4.39. The van der Waals surface area contributed by atoms with E-state index >= 15 is 0 Å². The van der Waals surface area contributed by atoms with Gasteiger partial charge in [0.15, 0.2) is 0 Å². The van der Waals surface area contributed by atoms with Crippen LogP contribution in [-0.4, -0.2) is 4.98 Å². The van der Waals surface area contributed by atoms with Crippen LogP contribution in [0.4, 0.5) is 4.39 Å². The molecule has 0 fully saturated rings. The molecule has 0 aliphatic heterocycles. The topological polar surface area (TPSA) is 12.9 Å². The maximum atomic E-state index is 13.9. The first kappa shape index (κ1) is 11.6. The molecule has 0 radical (unpaired) electrons. The van der Waals surface area contributed by atoms with E-state index in [-0.39, 0.29) is 5.82 Å². The SMILES string of the molecule is Fc1ccccc1-c1nc2ccc3ccccc3c2s1. The van der Waals surface area contributed by atoms with Crippen LogP contribution in [0.15, 0.2) is 60.7 Å². The predicted octanol–water partition coefficient (Wildman–Crippen LogP) is 5.26. The molecular weight excluding hydrogens is 269 g/mol. The van der Waals surface area contributed by atoms with E-state index in [4.69, 9.17) is 0 Å². The molecular formula is C17H10FNS. The lowest BCUT2D eigenvalue weighted by Crippen LogP contribution is -1.81. The van der Waals surface area contributed by atoms with Crippen LogP contribution in [0.3, 0.4) is 0 Å². The summed E-state index contributed by atoms with van der Waals surface area (Å²) in [5.74, 6) is -0.226. The molecule has 4 rings (SSSR count). The van der Waals surface area contributed by atoms with E-state index in [1.54, 1.807) is 23.5 Å². The predicted molar refractivity (Wildman–Crippen MR) is 82.5 cm³/mol. The maximum Gasteiger partial charge on any atom is 0.133 e. The van der Waals surface area contributed by atoms with Crippen molar-refractivity contribution in [1.29, 1.82) is 0 Å². The van der Waals surface area contributed by atoms with Crippen LogP contribution < -0.4 is 0 Å². The fourth-order valence-corrected chi connectivity index (χ4v) is 3.53. The van der Waals surface area contributed by atoms with Gasteiger partial charge < -0.3 is 0 Å². The largest absolute Gasteiger partial charge is 0.236 e. The third-order valence-electron chi connectivity index (χ3n) is 3.38. The highest BCUT2D eigenvalue weighted by molar-refractivity contribution is 7.22. The smallest absolute Gasteiger partial charge is 0.133 e. The summed E-state index contributed by atoms with van der Waals surface area (Å²) in [4.78, 5) is 4.57. The van der Waals surface area contributed by atoms with Crippen molar-refractivity contribution >= 4 is 32.3 Å². The number of aromatic nitrogens is 1. The van der Waals surface area contributed by atoms with Gasteiger partial charge >= 0.3 is 0 Å². The molecule has 0 atom stereocenters. The van der Waals surface area contributed by atoms with Gasteiger partial charge in [0.25, 0.3) is 0 Å². The summed E-state index contributed by atoms with van der Waals surface area (Å²) in [6.45, 7) is 0. The highest BCUT2D eigenvalue weighted by Gasteiger charge is 2.11. The Morgan fingerprint density at radius 2 is 1.65 bits per heavy atom. The summed E-state index contributed by atoms with van der Waals surface area (Å²) in [5.41, 5.74) is 1.49. The van der Waals surface area contributed by atoms with E-state index < -0.39 is 0 Å². The molecule has 0 saturated heterocycles. The molecule has 1 nitrogen and oxygen atoms in total. The average Bonchev–Trinajstić information content (AvgIpc) is 2.92. The Bertz CT molecular complexity index is 926. The average molecular weight is 279 g/mol. The summed E-state index contributed by atoms with van der Waals surface area (Å²) < 4.78 is 15.0. The molecule has 96 valence electrons. The van der Waals surface area contributed by atoms with Crippen molar-refractivity contribution in [3.63, 3.8) is 0 Å². The molecule has 0 unspecified atom stereocenters. The minimum atomic E-state index is -0.226. The van der Waals surface area contributed by atoms with Crippen molar-refractivity contribution in [3.05, 3.63) is 66.5 Å². The standard InChI is InChI=1S/C17H10FNS/c18-14-8-4-3-7-13(14)17-19-15-10-9-11-5-1-2-6-12(11)16(15)20-17/h1-10H. The molecule has 3 heteroatoms. The van der Waals surface area contributed by atoms with E-state index in [0.29, 0.717) is 5.56 Å². The fraction of sp³-hybridized carbons (Fsp3) is 0. The monoisotopic (exact) mass is 279 g/mol. The van der Waals surface area contributed by atoms with E-state index in [0.717, 1.165) is 15.2 Å². The molecule has 3 aromatic carbocycles. The van der Waals surface area contributed by atoms with Gasteiger partial charge in [-0.15, -0.1) is 11.3 Å². The molecule has 1 aromatic heterocycles. The number of nitrogens with zero attached hydrogens (tertiary/aromatic N) is 1. The Morgan fingerprint density at radius 3 is 2.55 bits per heavy atom. The molecule has 0 amide bonds. The minimum Gasteiger partial charge on any atom is -0.236 e. The highest BCUT2D eigenvalue weighted by atomic mass is 32.1. The zero-order valence-corrected chi connectivity index (χ0v) is 11.3. The zero-order valence-electron chi connectivity index (χ0n) is 10.5. The normalized spacial score (nSPS) is 11.2. The van der Waals surface area contributed by atoms with Crippen molar-refractivity contribution < 1.29 is 4.39 Å². The Hall–Kier alpha value is -2.26. The van der Waals surface area contributed by atoms with E-state index in [2.05, 4.69) is 23.2 Å². The number of benzene rings is 3. The summed E-state index contributed by atoms with van der Waals surface area (Å²) in [6, 6.07) is 19.0. The van der Waals surface area contributed by atoms with Gasteiger partial charge in [-0.1, -0.05) is 42.5 Å². The first-order chi connectivity index (χ1) is 9.83. The fourth-order valence-electron chi connectivity index (χ4n) is 2.41. The van der Waals surface area contributed by atoms with Crippen LogP contribution in [0.25, 0.3) is 31.6 Å². The Morgan fingerprint density at radius 1 is 0.850 bits per heavy atom. The maximum absolute atomic E-state index is 13.9. The van der Waals surface area contributed by atoms with Gasteiger partial charge in [0, 0.05) is 10.9 Å². The molecule has 0 aliphatic carbocycles. The van der Waals surface area contributed by atoms with E-state index in [1.807, 2.05) is 24.3 Å². The molecule has 0 N–H and O–H groups in total. The number of rotatable bonds is 1. The summed E-state index contributed by atoms with van der Waals surface area (Å²) >= 11 is 1.54. The summed E-state index contributed by atoms with van der Waals surface area (Å²) in [6.07, 6.45) is 0. The quantitative estimate of drug-likeness (QED) is 0.463. The third kappa shape index (κ3) is 1.71. The van der Waals surface area contributed by atoms with E-state index in [1.165, 1.54) is 16.8 Å². The van der Waals surface area contributed by atoms with Crippen molar-refractivity contribution in [1.82, 2.24) is 4.98 Å². The van der Waals surface area contributed by atoms with Crippen LogP contribution >= 0.6 is 11.3 Å².